The molecule has 0 aliphatic carbocycles. The molecule has 0 heterocycles. The molecule has 2 nitrogen and oxygen atoms in total. The average Bonchev–Trinajstić information content (AvgIpc) is 2.14. The Labute approximate surface area is 90.4 Å². The molecular weight excluding hydrogens is 200 g/mol. The molecule has 0 aromatic heterocycles. The van der Waals surface area contributed by atoms with Crippen molar-refractivity contribution in [2.75, 3.05) is 0 Å². The molecule has 78 valence electrons. The number of carboxylic acids is 1. The Morgan fingerprint density at radius 1 is 1.14 bits per heavy atom. The molecule has 1 rings (SSSR count). The number of carboxylic acid groups (broad SMARTS) is 1. The largest absolute Gasteiger partial charge is 0.481 e. The van der Waals surface area contributed by atoms with Crippen LogP contribution in [0.25, 0.3) is 0 Å². The van der Waals surface area contributed by atoms with Gasteiger partial charge in [0, 0.05) is 6.42 Å². The first-order valence-electron chi connectivity index (χ1n) is 4.55. The van der Waals surface area contributed by atoms with E-state index in [0.29, 0.717) is 0 Å². The molecule has 0 saturated heterocycles. The zero-order chi connectivity index (χ0) is 9.52. The molecule has 14 heavy (non-hydrogen) atoms. The summed E-state index contributed by atoms with van der Waals surface area (Å²) in [5.74, 6) is -0.701. The van der Waals surface area contributed by atoms with E-state index < -0.39 is 5.97 Å². The number of carbonyl (C=O) groups is 1. The number of hydrogen-bond donors (Lipinski definition) is 1. The van der Waals surface area contributed by atoms with Crippen LogP contribution in [0.2, 0.25) is 0 Å². The monoisotopic (exact) mass is 214 g/mol. The molecule has 0 radical (unpaired) electrons. The maximum absolute atomic E-state index is 10.2. The first-order chi connectivity index (χ1) is 6.29. The molecule has 0 atom stereocenters. The Morgan fingerprint density at radius 3 is 2.36 bits per heavy atom. The van der Waals surface area contributed by atoms with Crippen LogP contribution in [-0.2, 0) is 11.2 Å². The highest BCUT2D eigenvalue weighted by atomic mass is 35.5. The van der Waals surface area contributed by atoms with E-state index in [1.807, 2.05) is 18.2 Å². The number of aryl methyl sites for hydroxylation is 1. The van der Waals surface area contributed by atoms with Gasteiger partial charge in [-0.3, -0.25) is 4.79 Å². The second kappa shape index (κ2) is 7.39. The van der Waals surface area contributed by atoms with Crippen molar-refractivity contribution in [3.05, 3.63) is 35.9 Å². The summed E-state index contributed by atoms with van der Waals surface area (Å²) in [4.78, 5) is 10.2. The average molecular weight is 215 g/mol. The Balaban J connectivity index is 0.00000169. The molecule has 1 aromatic rings. The van der Waals surface area contributed by atoms with Gasteiger partial charge in [-0.15, -0.1) is 12.4 Å². The van der Waals surface area contributed by atoms with Gasteiger partial charge in [0.1, 0.15) is 0 Å². The zero-order valence-electron chi connectivity index (χ0n) is 7.98. The number of halogens is 1. The molecular formula is C11H15ClO2. The quantitative estimate of drug-likeness (QED) is 0.766. The van der Waals surface area contributed by atoms with E-state index >= 15 is 0 Å². The summed E-state index contributed by atoms with van der Waals surface area (Å²) in [7, 11) is 0. The predicted octanol–water partition coefficient (Wildman–Crippen LogP) is 2.91. The molecule has 3 heteroatoms. The standard InChI is InChI=1S/C11H14O2.ClH/c12-11(13)9-5-4-8-10-6-2-1-3-7-10;/h1-3,6-7H,4-5,8-9H2,(H,12,13);1H. The molecule has 0 amide bonds. The smallest absolute Gasteiger partial charge is 0.303 e. The molecule has 0 bridgehead atoms. The summed E-state index contributed by atoms with van der Waals surface area (Å²) in [6.07, 6.45) is 2.99. The van der Waals surface area contributed by atoms with Crippen molar-refractivity contribution >= 4 is 18.4 Å². The maximum atomic E-state index is 10.2. The summed E-state index contributed by atoms with van der Waals surface area (Å²) >= 11 is 0. The summed E-state index contributed by atoms with van der Waals surface area (Å²) < 4.78 is 0. The first kappa shape index (κ1) is 13.0. The van der Waals surface area contributed by atoms with Crippen LogP contribution in [0.4, 0.5) is 0 Å². The molecule has 1 aromatic carbocycles. The van der Waals surface area contributed by atoms with Crippen LogP contribution in [-0.4, -0.2) is 11.1 Å². The SMILES string of the molecule is Cl.O=C(O)CCCCc1ccccc1. The molecule has 0 saturated carbocycles. The Bertz CT molecular complexity index is 259. The summed E-state index contributed by atoms with van der Waals surface area (Å²) in [5.41, 5.74) is 1.29. The molecule has 0 unspecified atom stereocenters. The minimum Gasteiger partial charge on any atom is -0.481 e. The van der Waals surface area contributed by atoms with Gasteiger partial charge in [0.25, 0.3) is 0 Å². The minimum atomic E-state index is -0.701. The highest BCUT2D eigenvalue weighted by molar-refractivity contribution is 5.85. The van der Waals surface area contributed by atoms with Crippen LogP contribution >= 0.6 is 12.4 Å². The van der Waals surface area contributed by atoms with E-state index in [-0.39, 0.29) is 18.8 Å². The van der Waals surface area contributed by atoms with Crippen molar-refractivity contribution in [2.24, 2.45) is 0 Å². The predicted molar refractivity (Wildman–Crippen MR) is 58.9 cm³/mol. The van der Waals surface area contributed by atoms with Crippen molar-refractivity contribution in [3.8, 4) is 0 Å². The van der Waals surface area contributed by atoms with Crippen LogP contribution in [0.5, 0.6) is 0 Å². The number of rotatable bonds is 5. The third kappa shape index (κ3) is 5.60. The molecule has 0 aliphatic heterocycles. The number of hydrogen-bond acceptors (Lipinski definition) is 1. The minimum absolute atomic E-state index is 0. The van der Waals surface area contributed by atoms with Gasteiger partial charge in [-0.05, 0) is 24.8 Å². The first-order valence-corrected chi connectivity index (χ1v) is 4.55. The fraction of sp³-hybridized carbons (Fsp3) is 0.364. The van der Waals surface area contributed by atoms with E-state index in [2.05, 4.69) is 12.1 Å². The van der Waals surface area contributed by atoms with Crippen LogP contribution in [0, 0.1) is 0 Å². The van der Waals surface area contributed by atoms with E-state index in [9.17, 15) is 4.79 Å². The number of unbranched alkanes of at least 4 members (excludes halogenated alkanes) is 1. The van der Waals surface area contributed by atoms with Crippen LogP contribution in [0.15, 0.2) is 30.3 Å². The van der Waals surface area contributed by atoms with Gasteiger partial charge in [-0.1, -0.05) is 30.3 Å². The lowest BCUT2D eigenvalue weighted by molar-refractivity contribution is -0.137. The summed E-state index contributed by atoms with van der Waals surface area (Å²) in [5, 5.41) is 8.41. The van der Waals surface area contributed by atoms with Crippen molar-refractivity contribution in [2.45, 2.75) is 25.7 Å². The van der Waals surface area contributed by atoms with E-state index in [0.717, 1.165) is 19.3 Å². The Hall–Kier alpha value is -1.02. The maximum Gasteiger partial charge on any atom is 0.303 e. The van der Waals surface area contributed by atoms with Crippen molar-refractivity contribution < 1.29 is 9.90 Å². The number of benzene rings is 1. The normalized spacial score (nSPS) is 9.14. The fourth-order valence-corrected chi connectivity index (χ4v) is 1.25. The fourth-order valence-electron chi connectivity index (χ4n) is 1.25. The lowest BCUT2D eigenvalue weighted by Crippen LogP contribution is -1.94. The van der Waals surface area contributed by atoms with Gasteiger partial charge >= 0.3 is 5.97 Å². The van der Waals surface area contributed by atoms with Crippen molar-refractivity contribution in [1.29, 1.82) is 0 Å². The van der Waals surface area contributed by atoms with Crippen molar-refractivity contribution in [1.82, 2.24) is 0 Å². The topological polar surface area (TPSA) is 37.3 Å². The van der Waals surface area contributed by atoms with Gasteiger partial charge in [-0.2, -0.15) is 0 Å². The molecule has 0 spiro atoms. The second-order valence-corrected chi connectivity index (χ2v) is 3.09. The van der Waals surface area contributed by atoms with Gasteiger partial charge in [0.15, 0.2) is 0 Å². The second-order valence-electron chi connectivity index (χ2n) is 3.09. The molecule has 0 aliphatic rings. The number of aliphatic carboxylic acids is 1. The zero-order valence-corrected chi connectivity index (χ0v) is 8.80. The highest BCUT2D eigenvalue weighted by Crippen LogP contribution is 2.05. The van der Waals surface area contributed by atoms with Gasteiger partial charge in [-0.25, -0.2) is 0 Å². The lowest BCUT2D eigenvalue weighted by Gasteiger charge is -1.98. The van der Waals surface area contributed by atoms with Crippen LogP contribution < -0.4 is 0 Å². The lowest BCUT2D eigenvalue weighted by atomic mass is 10.1. The van der Waals surface area contributed by atoms with Gasteiger partial charge in [0.2, 0.25) is 0 Å². The van der Waals surface area contributed by atoms with Crippen LogP contribution in [0.1, 0.15) is 24.8 Å². The van der Waals surface area contributed by atoms with E-state index in [1.54, 1.807) is 0 Å². The third-order valence-corrected chi connectivity index (χ3v) is 1.95. The Kier molecular flexibility index (Phi) is 6.85. The van der Waals surface area contributed by atoms with E-state index in [4.69, 9.17) is 5.11 Å². The molecule has 0 fully saturated rings. The van der Waals surface area contributed by atoms with Crippen LogP contribution in [0.3, 0.4) is 0 Å². The van der Waals surface area contributed by atoms with E-state index in [1.165, 1.54) is 5.56 Å². The van der Waals surface area contributed by atoms with Crippen molar-refractivity contribution in [3.63, 3.8) is 0 Å². The van der Waals surface area contributed by atoms with Gasteiger partial charge < -0.3 is 5.11 Å². The summed E-state index contributed by atoms with van der Waals surface area (Å²) in [6.45, 7) is 0. The van der Waals surface area contributed by atoms with Gasteiger partial charge in [0.05, 0.1) is 0 Å². The Morgan fingerprint density at radius 2 is 1.79 bits per heavy atom. The highest BCUT2D eigenvalue weighted by Gasteiger charge is 1.96. The summed E-state index contributed by atoms with van der Waals surface area (Å²) in [6, 6.07) is 10.1. The third-order valence-electron chi connectivity index (χ3n) is 1.95. The molecule has 1 N–H and O–H groups in total.